The summed E-state index contributed by atoms with van der Waals surface area (Å²) in [5.41, 5.74) is 1.70. The largest absolute Gasteiger partial charge is 0.488 e. The summed E-state index contributed by atoms with van der Waals surface area (Å²) in [6.45, 7) is 3.87. The second-order valence-electron chi connectivity index (χ2n) is 6.65. The highest BCUT2D eigenvalue weighted by atomic mass is 16.5. The Kier molecular flexibility index (Phi) is 4.87. The third-order valence-electron chi connectivity index (χ3n) is 4.71. The third kappa shape index (κ3) is 3.75. The number of hydrogen-bond donors (Lipinski definition) is 2. The van der Waals surface area contributed by atoms with Crippen molar-refractivity contribution in [3.8, 4) is 5.75 Å². The van der Waals surface area contributed by atoms with Crippen LogP contribution in [0.15, 0.2) is 64.0 Å². The summed E-state index contributed by atoms with van der Waals surface area (Å²) >= 11 is 0. The monoisotopic (exact) mass is 389 g/mol. The Balaban J connectivity index is 1.71. The van der Waals surface area contributed by atoms with Crippen LogP contribution in [0.1, 0.15) is 27.4 Å². The summed E-state index contributed by atoms with van der Waals surface area (Å²) in [4.78, 5) is 27.4. The number of anilines is 1. The lowest BCUT2D eigenvalue weighted by Gasteiger charge is -2.13. The van der Waals surface area contributed by atoms with Crippen LogP contribution in [0.4, 0.5) is 5.69 Å². The van der Waals surface area contributed by atoms with Crippen molar-refractivity contribution in [2.24, 2.45) is 0 Å². The number of carbonyl (C=O) groups excluding carboxylic acids is 1. The number of aryl methyl sites for hydroxylation is 2. The molecule has 4 rings (SSSR count). The van der Waals surface area contributed by atoms with Crippen LogP contribution >= 0.6 is 0 Å². The van der Waals surface area contributed by atoms with Gasteiger partial charge in [0.1, 0.15) is 23.8 Å². The van der Waals surface area contributed by atoms with E-state index in [-0.39, 0.29) is 17.9 Å². The number of aromatic amines is 1. The van der Waals surface area contributed by atoms with Gasteiger partial charge in [0.25, 0.3) is 11.5 Å². The summed E-state index contributed by atoms with van der Waals surface area (Å²) in [7, 11) is 0. The average Bonchev–Trinajstić information content (AvgIpc) is 3.05. The number of rotatable bonds is 5. The molecule has 0 fully saturated rings. The molecule has 0 atom stereocenters. The Bertz CT molecular complexity index is 1240. The van der Waals surface area contributed by atoms with E-state index in [0.29, 0.717) is 17.1 Å². The zero-order valence-electron chi connectivity index (χ0n) is 16.0. The van der Waals surface area contributed by atoms with Crippen molar-refractivity contribution in [2.45, 2.75) is 20.5 Å². The predicted molar refractivity (Wildman–Crippen MR) is 109 cm³/mol. The Labute approximate surface area is 166 Å². The summed E-state index contributed by atoms with van der Waals surface area (Å²) in [5, 5.41) is 8.42. The standard InChI is InChI=1S/C22H19N3O4/c1-13-18(14(2)29-25-13)12-28-20-11-16-7-4-3-6-15(16)10-17(20)21(26)24-19-8-5-9-23-22(19)27/h3-11H,12H2,1-2H3,(H,23,27)(H,24,26). The molecular weight excluding hydrogens is 370 g/mol. The Morgan fingerprint density at radius 1 is 1.14 bits per heavy atom. The van der Waals surface area contributed by atoms with Crippen molar-refractivity contribution < 1.29 is 14.1 Å². The van der Waals surface area contributed by atoms with Gasteiger partial charge in [-0.15, -0.1) is 0 Å². The number of H-pyrrole nitrogens is 1. The van der Waals surface area contributed by atoms with Crippen LogP contribution in [0.2, 0.25) is 0 Å². The van der Waals surface area contributed by atoms with E-state index in [4.69, 9.17) is 9.26 Å². The number of nitrogens with one attached hydrogen (secondary N) is 2. The fraction of sp³-hybridized carbons (Fsp3) is 0.136. The van der Waals surface area contributed by atoms with Gasteiger partial charge in [-0.2, -0.15) is 0 Å². The van der Waals surface area contributed by atoms with Crippen molar-refractivity contribution in [3.63, 3.8) is 0 Å². The minimum absolute atomic E-state index is 0.169. The first-order valence-corrected chi connectivity index (χ1v) is 9.09. The second kappa shape index (κ2) is 7.63. The fourth-order valence-corrected chi connectivity index (χ4v) is 3.08. The van der Waals surface area contributed by atoms with Crippen molar-refractivity contribution in [1.29, 1.82) is 0 Å². The number of hydrogen-bond acceptors (Lipinski definition) is 5. The molecule has 146 valence electrons. The van der Waals surface area contributed by atoms with Crippen LogP contribution in [0.5, 0.6) is 5.75 Å². The number of ether oxygens (including phenoxy) is 1. The molecular formula is C22H19N3O4. The van der Waals surface area contributed by atoms with Crippen LogP contribution in [0, 0.1) is 13.8 Å². The summed E-state index contributed by atoms with van der Waals surface area (Å²) in [5.74, 6) is 0.653. The first-order chi connectivity index (χ1) is 14.0. The summed E-state index contributed by atoms with van der Waals surface area (Å²) in [6.07, 6.45) is 1.51. The maximum atomic E-state index is 13.0. The number of aromatic nitrogens is 2. The van der Waals surface area contributed by atoms with Crippen molar-refractivity contribution >= 4 is 22.4 Å². The molecule has 0 bridgehead atoms. The minimum Gasteiger partial charge on any atom is -0.488 e. The van der Waals surface area contributed by atoms with E-state index in [9.17, 15) is 9.59 Å². The molecule has 2 N–H and O–H groups in total. The molecule has 2 aromatic carbocycles. The number of pyridine rings is 1. The van der Waals surface area contributed by atoms with Gasteiger partial charge in [-0.05, 0) is 48.9 Å². The molecule has 7 heteroatoms. The minimum atomic E-state index is -0.429. The first-order valence-electron chi connectivity index (χ1n) is 9.09. The Morgan fingerprint density at radius 2 is 1.90 bits per heavy atom. The maximum absolute atomic E-state index is 13.0. The van der Waals surface area contributed by atoms with E-state index < -0.39 is 5.91 Å². The first kappa shape index (κ1) is 18.5. The van der Waals surface area contributed by atoms with Crippen LogP contribution in [-0.4, -0.2) is 16.0 Å². The molecule has 0 spiro atoms. The highest BCUT2D eigenvalue weighted by Gasteiger charge is 2.17. The van der Waals surface area contributed by atoms with E-state index in [1.165, 1.54) is 6.20 Å². The fourth-order valence-electron chi connectivity index (χ4n) is 3.08. The molecule has 1 amide bonds. The third-order valence-corrected chi connectivity index (χ3v) is 4.71. The Morgan fingerprint density at radius 3 is 2.59 bits per heavy atom. The van der Waals surface area contributed by atoms with Crippen molar-refractivity contribution in [3.05, 3.63) is 87.7 Å². The quantitative estimate of drug-likeness (QED) is 0.538. The van der Waals surface area contributed by atoms with Crippen LogP contribution < -0.4 is 15.6 Å². The topological polar surface area (TPSA) is 97.2 Å². The summed E-state index contributed by atoms with van der Waals surface area (Å²) < 4.78 is 11.2. The van der Waals surface area contributed by atoms with Gasteiger partial charge in [0.15, 0.2) is 0 Å². The van der Waals surface area contributed by atoms with Gasteiger partial charge in [-0.25, -0.2) is 0 Å². The highest BCUT2D eigenvalue weighted by Crippen LogP contribution is 2.28. The van der Waals surface area contributed by atoms with Gasteiger partial charge < -0.3 is 19.6 Å². The lowest BCUT2D eigenvalue weighted by molar-refractivity contribution is 0.102. The number of benzene rings is 2. The van der Waals surface area contributed by atoms with E-state index in [1.54, 1.807) is 18.2 Å². The van der Waals surface area contributed by atoms with Crippen LogP contribution in [0.3, 0.4) is 0 Å². The normalized spacial score (nSPS) is 10.8. The Hall–Kier alpha value is -3.87. The molecule has 2 aromatic heterocycles. The van der Waals surface area contributed by atoms with Gasteiger partial charge >= 0.3 is 0 Å². The van der Waals surface area contributed by atoms with E-state index >= 15 is 0 Å². The highest BCUT2D eigenvalue weighted by molar-refractivity contribution is 6.08. The van der Waals surface area contributed by atoms with Gasteiger partial charge in [0, 0.05) is 6.20 Å². The zero-order valence-corrected chi connectivity index (χ0v) is 16.0. The molecule has 0 aliphatic heterocycles. The van der Waals surface area contributed by atoms with Crippen molar-refractivity contribution in [1.82, 2.24) is 10.1 Å². The van der Waals surface area contributed by atoms with Gasteiger partial charge in [-0.1, -0.05) is 29.4 Å². The molecule has 0 saturated carbocycles. The van der Waals surface area contributed by atoms with E-state index in [1.807, 2.05) is 44.2 Å². The van der Waals surface area contributed by atoms with Gasteiger partial charge in [0.05, 0.1) is 16.8 Å². The molecule has 7 nitrogen and oxygen atoms in total. The number of carbonyl (C=O) groups is 1. The second-order valence-corrected chi connectivity index (χ2v) is 6.65. The van der Waals surface area contributed by atoms with Crippen LogP contribution in [0.25, 0.3) is 10.8 Å². The lowest BCUT2D eigenvalue weighted by Crippen LogP contribution is -2.20. The van der Waals surface area contributed by atoms with E-state index in [0.717, 1.165) is 22.0 Å². The molecule has 2 heterocycles. The predicted octanol–water partition coefficient (Wildman–Crippen LogP) is 3.96. The van der Waals surface area contributed by atoms with E-state index in [2.05, 4.69) is 15.5 Å². The smallest absolute Gasteiger partial charge is 0.271 e. The van der Waals surface area contributed by atoms with Crippen LogP contribution in [-0.2, 0) is 6.61 Å². The average molecular weight is 389 g/mol. The molecule has 0 radical (unpaired) electrons. The molecule has 0 unspecified atom stereocenters. The number of fused-ring (bicyclic) bond motifs is 1. The molecule has 0 aliphatic carbocycles. The number of nitrogens with zero attached hydrogens (tertiary/aromatic N) is 1. The molecule has 0 aliphatic rings. The SMILES string of the molecule is Cc1noc(C)c1COc1cc2ccccc2cc1C(=O)Nc1ccc[nH]c1=O. The molecule has 4 aromatic rings. The van der Waals surface area contributed by atoms with Gasteiger partial charge in [0.2, 0.25) is 0 Å². The van der Waals surface area contributed by atoms with Crippen molar-refractivity contribution in [2.75, 3.05) is 5.32 Å². The number of amides is 1. The zero-order chi connectivity index (χ0) is 20.4. The molecule has 0 saturated heterocycles. The van der Waals surface area contributed by atoms with Gasteiger partial charge in [-0.3, -0.25) is 9.59 Å². The lowest BCUT2D eigenvalue weighted by atomic mass is 10.0. The summed E-state index contributed by atoms with van der Waals surface area (Å²) in [6, 6.07) is 14.4. The maximum Gasteiger partial charge on any atom is 0.271 e. The molecule has 29 heavy (non-hydrogen) atoms.